The number of allylic oxidation sites excluding steroid dienone is 4. The van der Waals surface area contributed by atoms with Crippen molar-refractivity contribution in [1.29, 1.82) is 0 Å². The van der Waals surface area contributed by atoms with Crippen LogP contribution in [0.5, 0.6) is 0 Å². The standard InChI is InChI=1S/C24H38F2/c1-3-5-17-7-9-18(10-8-17)19-11-13-20(14-12-19)22-16-15-21(6-4-2)23(25)24(22)26/h15-20,23-24H,3-14H2,1-2H3. The van der Waals surface area contributed by atoms with Crippen LogP contribution in [-0.4, -0.2) is 12.3 Å². The highest BCUT2D eigenvalue weighted by Gasteiger charge is 2.37. The molecule has 2 saturated carbocycles. The summed E-state index contributed by atoms with van der Waals surface area (Å²) < 4.78 is 29.1. The van der Waals surface area contributed by atoms with Gasteiger partial charge in [0.2, 0.25) is 0 Å². The third-order valence-electron chi connectivity index (χ3n) is 7.46. The average Bonchev–Trinajstić information content (AvgIpc) is 2.67. The predicted molar refractivity (Wildman–Crippen MR) is 107 cm³/mol. The molecule has 2 heteroatoms. The van der Waals surface area contributed by atoms with Gasteiger partial charge in [-0.15, -0.1) is 0 Å². The Kier molecular flexibility index (Phi) is 7.35. The lowest BCUT2D eigenvalue weighted by Crippen LogP contribution is -2.32. The first kappa shape index (κ1) is 20.1. The Hall–Kier alpha value is -0.660. The van der Waals surface area contributed by atoms with Gasteiger partial charge in [-0.25, -0.2) is 8.78 Å². The molecule has 0 spiro atoms. The molecule has 2 atom stereocenters. The van der Waals surface area contributed by atoms with Crippen molar-refractivity contribution in [3.63, 3.8) is 0 Å². The van der Waals surface area contributed by atoms with Gasteiger partial charge < -0.3 is 0 Å². The summed E-state index contributed by atoms with van der Waals surface area (Å²) in [5.41, 5.74) is 1.41. The molecule has 148 valence electrons. The summed E-state index contributed by atoms with van der Waals surface area (Å²) in [6.45, 7) is 4.32. The lowest BCUT2D eigenvalue weighted by Gasteiger charge is -2.39. The molecule has 0 aromatic rings. The van der Waals surface area contributed by atoms with Crippen molar-refractivity contribution in [1.82, 2.24) is 0 Å². The van der Waals surface area contributed by atoms with Gasteiger partial charge in [0.1, 0.15) is 0 Å². The SMILES string of the molecule is CCCC1=CC=C(C2CCC(C3CCC(CCC)CC3)CC2)C(F)C1F. The third kappa shape index (κ3) is 4.60. The van der Waals surface area contributed by atoms with Gasteiger partial charge >= 0.3 is 0 Å². The molecule has 0 heterocycles. The molecule has 0 bridgehead atoms. The predicted octanol–water partition coefficient (Wildman–Crippen LogP) is 7.74. The minimum Gasteiger partial charge on any atom is -0.239 e. The fourth-order valence-corrected chi connectivity index (χ4v) is 5.90. The molecule has 0 nitrogen and oxygen atoms in total. The van der Waals surface area contributed by atoms with E-state index in [1.807, 2.05) is 19.1 Å². The maximum Gasteiger partial charge on any atom is 0.157 e. The normalized spacial score (nSPS) is 38.6. The fourth-order valence-electron chi connectivity index (χ4n) is 5.90. The quantitative estimate of drug-likeness (QED) is 0.452. The molecule has 0 N–H and O–H groups in total. The van der Waals surface area contributed by atoms with Crippen LogP contribution in [0.25, 0.3) is 0 Å². The van der Waals surface area contributed by atoms with Crippen LogP contribution in [0.1, 0.15) is 90.9 Å². The smallest absolute Gasteiger partial charge is 0.157 e. The van der Waals surface area contributed by atoms with Gasteiger partial charge in [-0.05, 0) is 79.8 Å². The Morgan fingerprint density at radius 2 is 1.38 bits per heavy atom. The lowest BCUT2D eigenvalue weighted by molar-refractivity contribution is 0.139. The molecular formula is C24H38F2. The van der Waals surface area contributed by atoms with Gasteiger partial charge in [-0.2, -0.15) is 0 Å². The van der Waals surface area contributed by atoms with Crippen molar-refractivity contribution in [2.24, 2.45) is 23.7 Å². The second-order valence-corrected chi connectivity index (χ2v) is 9.14. The first-order valence-electron chi connectivity index (χ1n) is 11.3. The topological polar surface area (TPSA) is 0 Å². The Bertz CT molecular complexity index is 490. The molecule has 0 saturated heterocycles. The van der Waals surface area contributed by atoms with Crippen LogP contribution < -0.4 is 0 Å². The Morgan fingerprint density at radius 3 is 1.96 bits per heavy atom. The summed E-state index contributed by atoms with van der Waals surface area (Å²) in [5.74, 6) is 2.98. The Morgan fingerprint density at radius 1 is 0.769 bits per heavy atom. The highest BCUT2D eigenvalue weighted by atomic mass is 19.2. The van der Waals surface area contributed by atoms with E-state index < -0.39 is 12.3 Å². The Balaban J connectivity index is 1.51. The van der Waals surface area contributed by atoms with Crippen LogP contribution in [0.15, 0.2) is 23.3 Å². The monoisotopic (exact) mass is 364 g/mol. The van der Waals surface area contributed by atoms with Crippen molar-refractivity contribution < 1.29 is 8.78 Å². The van der Waals surface area contributed by atoms with Crippen LogP contribution in [-0.2, 0) is 0 Å². The molecular weight excluding hydrogens is 326 g/mol. The van der Waals surface area contributed by atoms with Gasteiger partial charge in [-0.3, -0.25) is 0 Å². The molecule has 0 aromatic heterocycles. The van der Waals surface area contributed by atoms with Crippen molar-refractivity contribution in [2.75, 3.05) is 0 Å². The number of alkyl halides is 2. The van der Waals surface area contributed by atoms with Gasteiger partial charge in [0.05, 0.1) is 0 Å². The first-order valence-corrected chi connectivity index (χ1v) is 11.3. The van der Waals surface area contributed by atoms with E-state index in [4.69, 9.17) is 0 Å². The van der Waals surface area contributed by atoms with E-state index in [9.17, 15) is 8.78 Å². The lowest BCUT2D eigenvalue weighted by atomic mass is 9.67. The molecule has 3 rings (SSSR count). The van der Waals surface area contributed by atoms with Crippen LogP contribution in [0.2, 0.25) is 0 Å². The van der Waals surface area contributed by atoms with Crippen molar-refractivity contribution >= 4 is 0 Å². The maximum atomic E-state index is 14.7. The van der Waals surface area contributed by atoms with E-state index in [0.717, 1.165) is 42.6 Å². The number of hydrogen-bond acceptors (Lipinski definition) is 0. The van der Waals surface area contributed by atoms with E-state index in [-0.39, 0.29) is 5.92 Å². The zero-order valence-corrected chi connectivity index (χ0v) is 16.9. The van der Waals surface area contributed by atoms with E-state index in [2.05, 4.69) is 6.92 Å². The molecule has 2 fully saturated rings. The van der Waals surface area contributed by atoms with E-state index in [1.165, 1.54) is 51.4 Å². The number of rotatable bonds is 6. The average molecular weight is 365 g/mol. The van der Waals surface area contributed by atoms with E-state index in [1.54, 1.807) is 0 Å². The van der Waals surface area contributed by atoms with Crippen LogP contribution in [0.3, 0.4) is 0 Å². The summed E-state index contributed by atoms with van der Waals surface area (Å²) in [5, 5.41) is 0. The number of hydrogen-bond donors (Lipinski definition) is 0. The van der Waals surface area contributed by atoms with Gasteiger partial charge in [0.25, 0.3) is 0 Å². The van der Waals surface area contributed by atoms with Crippen LogP contribution >= 0.6 is 0 Å². The Labute approximate surface area is 159 Å². The highest BCUT2D eigenvalue weighted by molar-refractivity contribution is 5.33. The molecule has 0 aromatic carbocycles. The molecule has 0 radical (unpaired) electrons. The molecule has 0 amide bonds. The van der Waals surface area contributed by atoms with Crippen molar-refractivity contribution in [3.05, 3.63) is 23.3 Å². The van der Waals surface area contributed by atoms with E-state index >= 15 is 0 Å². The summed E-state index contributed by atoms with van der Waals surface area (Å²) in [7, 11) is 0. The zero-order chi connectivity index (χ0) is 18.5. The molecule has 0 aliphatic heterocycles. The van der Waals surface area contributed by atoms with E-state index in [0.29, 0.717) is 12.0 Å². The van der Waals surface area contributed by atoms with Crippen LogP contribution in [0, 0.1) is 23.7 Å². The minimum atomic E-state index is -1.40. The van der Waals surface area contributed by atoms with Gasteiger partial charge in [0, 0.05) is 0 Å². The first-order chi connectivity index (χ1) is 12.6. The molecule has 2 unspecified atom stereocenters. The molecule has 3 aliphatic carbocycles. The molecule has 3 aliphatic rings. The minimum absolute atomic E-state index is 0.273. The van der Waals surface area contributed by atoms with Crippen molar-refractivity contribution in [2.45, 2.75) is 103 Å². The highest BCUT2D eigenvalue weighted by Crippen LogP contribution is 2.45. The van der Waals surface area contributed by atoms with Gasteiger partial charge in [0.15, 0.2) is 12.3 Å². The summed E-state index contributed by atoms with van der Waals surface area (Å²) in [4.78, 5) is 0. The summed E-state index contributed by atoms with van der Waals surface area (Å²) in [6, 6.07) is 0. The maximum absolute atomic E-state index is 14.7. The molecule has 26 heavy (non-hydrogen) atoms. The van der Waals surface area contributed by atoms with Gasteiger partial charge in [-0.1, -0.05) is 58.1 Å². The second-order valence-electron chi connectivity index (χ2n) is 9.14. The second kappa shape index (κ2) is 9.51. The zero-order valence-electron chi connectivity index (χ0n) is 16.9. The number of halogens is 2. The summed E-state index contributed by atoms with van der Waals surface area (Å²) in [6.07, 6.45) is 15.5. The van der Waals surface area contributed by atoms with Crippen LogP contribution in [0.4, 0.5) is 8.78 Å². The summed E-state index contributed by atoms with van der Waals surface area (Å²) >= 11 is 0. The fraction of sp³-hybridized carbons (Fsp3) is 0.833. The third-order valence-corrected chi connectivity index (χ3v) is 7.46. The van der Waals surface area contributed by atoms with Crippen molar-refractivity contribution in [3.8, 4) is 0 Å². The largest absolute Gasteiger partial charge is 0.239 e.